The number of rotatable bonds is 4. The van der Waals surface area contributed by atoms with Gasteiger partial charge in [0, 0.05) is 19.5 Å². The summed E-state index contributed by atoms with van der Waals surface area (Å²) in [4.78, 5) is 1.85. The molecule has 1 aliphatic rings. The van der Waals surface area contributed by atoms with E-state index in [-0.39, 0.29) is 12.3 Å². The molecule has 0 aromatic carbocycles. The van der Waals surface area contributed by atoms with E-state index in [0.717, 1.165) is 0 Å². The average Bonchev–Trinajstić information content (AvgIpc) is 2.16. The second-order valence-electron chi connectivity index (χ2n) is 3.83. The molecule has 1 unspecified atom stereocenters. The van der Waals surface area contributed by atoms with Crippen LogP contribution in [0.5, 0.6) is 0 Å². The molecule has 1 heterocycles. The van der Waals surface area contributed by atoms with E-state index >= 15 is 0 Å². The summed E-state index contributed by atoms with van der Waals surface area (Å²) in [6.07, 6.45) is -5.25. The van der Waals surface area contributed by atoms with Crippen LogP contribution in [0.25, 0.3) is 0 Å². The van der Waals surface area contributed by atoms with Crippen LogP contribution in [-0.2, 0) is 4.74 Å². The van der Waals surface area contributed by atoms with Crippen molar-refractivity contribution in [3.05, 3.63) is 0 Å². The Hall–Kier alpha value is -0.820. The van der Waals surface area contributed by atoms with E-state index < -0.39 is 18.7 Å². The first kappa shape index (κ1) is 13.2. The van der Waals surface area contributed by atoms with Crippen LogP contribution in [-0.4, -0.2) is 49.3 Å². The molecule has 0 spiro atoms. The van der Waals surface area contributed by atoms with E-state index in [1.54, 1.807) is 0 Å². The van der Waals surface area contributed by atoms with Crippen LogP contribution in [0.2, 0.25) is 0 Å². The van der Waals surface area contributed by atoms with Crippen molar-refractivity contribution < 1.29 is 17.9 Å². The molecular weight excluding hydrogens is 223 g/mol. The van der Waals surface area contributed by atoms with Gasteiger partial charge in [0.25, 0.3) is 0 Å². The number of amidine groups is 1. The third-order valence-corrected chi connectivity index (χ3v) is 2.43. The molecule has 0 aromatic heterocycles. The van der Waals surface area contributed by atoms with Crippen LogP contribution in [0.1, 0.15) is 12.8 Å². The standard InChI is InChI=1S/C9H16F3N3O/c10-9(11,12)2-1-3-15-4-5-16-7(6-15)8(13)14/h7H,1-6H2,(H3,13,14). The number of nitrogens with one attached hydrogen (secondary N) is 1. The zero-order chi connectivity index (χ0) is 12.2. The van der Waals surface area contributed by atoms with Gasteiger partial charge in [-0.15, -0.1) is 0 Å². The van der Waals surface area contributed by atoms with Gasteiger partial charge in [0.1, 0.15) is 11.9 Å². The molecule has 0 aliphatic carbocycles. The first-order chi connectivity index (χ1) is 7.38. The zero-order valence-electron chi connectivity index (χ0n) is 8.89. The maximum Gasteiger partial charge on any atom is 0.389 e. The summed E-state index contributed by atoms with van der Waals surface area (Å²) >= 11 is 0. The van der Waals surface area contributed by atoms with E-state index in [9.17, 15) is 13.2 Å². The summed E-state index contributed by atoms with van der Waals surface area (Å²) in [6.45, 7) is 1.79. The minimum atomic E-state index is -4.09. The molecule has 1 saturated heterocycles. The topological polar surface area (TPSA) is 62.3 Å². The highest BCUT2D eigenvalue weighted by Gasteiger charge is 2.28. The highest BCUT2D eigenvalue weighted by atomic mass is 19.4. The quantitative estimate of drug-likeness (QED) is 0.567. The minimum absolute atomic E-state index is 0.0690. The lowest BCUT2D eigenvalue weighted by Crippen LogP contribution is -2.48. The third-order valence-electron chi connectivity index (χ3n) is 2.43. The van der Waals surface area contributed by atoms with Crippen LogP contribution in [0.15, 0.2) is 0 Å². The highest BCUT2D eigenvalue weighted by Crippen LogP contribution is 2.21. The second-order valence-corrected chi connectivity index (χ2v) is 3.83. The summed E-state index contributed by atoms with van der Waals surface area (Å²) in [5.74, 6) is -0.0690. The Bertz CT molecular complexity index is 245. The predicted octanol–water partition coefficient (Wildman–Crippen LogP) is 0.966. The molecule has 0 amide bonds. The molecule has 94 valence electrons. The van der Waals surface area contributed by atoms with Crippen LogP contribution in [0, 0.1) is 5.41 Å². The highest BCUT2D eigenvalue weighted by molar-refractivity contribution is 5.82. The van der Waals surface area contributed by atoms with Gasteiger partial charge in [-0.1, -0.05) is 0 Å². The van der Waals surface area contributed by atoms with Crippen molar-refractivity contribution in [2.24, 2.45) is 5.73 Å². The van der Waals surface area contributed by atoms with Crippen LogP contribution in [0.4, 0.5) is 13.2 Å². The maximum atomic E-state index is 11.9. The van der Waals surface area contributed by atoms with Crippen molar-refractivity contribution in [3.63, 3.8) is 0 Å². The molecular formula is C9H16F3N3O. The number of morpholine rings is 1. The monoisotopic (exact) mass is 239 g/mol. The van der Waals surface area contributed by atoms with Crippen molar-refractivity contribution >= 4 is 5.84 Å². The molecule has 1 fully saturated rings. The number of halogens is 3. The number of nitrogens with zero attached hydrogens (tertiary/aromatic N) is 1. The van der Waals surface area contributed by atoms with Crippen LogP contribution >= 0.6 is 0 Å². The molecule has 1 rings (SSSR count). The molecule has 16 heavy (non-hydrogen) atoms. The molecule has 7 heteroatoms. The van der Waals surface area contributed by atoms with Crippen molar-refractivity contribution in [2.75, 3.05) is 26.2 Å². The predicted molar refractivity (Wildman–Crippen MR) is 53.4 cm³/mol. The number of hydrogen-bond acceptors (Lipinski definition) is 3. The summed E-state index contributed by atoms with van der Waals surface area (Å²) in [5, 5.41) is 7.20. The fraction of sp³-hybridized carbons (Fsp3) is 0.889. The van der Waals surface area contributed by atoms with Crippen molar-refractivity contribution in [1.82, 2.24) is 4.90 Å². The lowest BCUT2D eigenvalue weighted by atomic mass is 10.2. The van der Waals surface area contributed by atoms with Gasteiger partial charge in [0.2, 0.25) is 0 Å². The van der Waals surface area contributed by atoms with Gasteiger partial charge in [0.05, 0.1) is 6.61 Å². The molecule has 0 bridgehead atoms. The zero-order valence-corrected chi connectivity index (χ0v) is 8.89. The molecule has 0 radical (unpaired) electrons. The Kier molecular flexibility index (Phi) is 4.55. The Morgan fingerprint density at radius 3 is 2.75 bits per heavy atom. The minimum Gasteiger partial charge on any atom is -0.385 e. The van der Waals surface area contributed by atoms with Gasteiger partial charge in [-0.3, -0.25) is 10.3 Å². The SMILES string of the molecule is N=C(N)C1CN(CCCC(F)(F)F)CCO1. The molecule has 4 nitrogen and oxygen atoms in total. The van der Waals surface area contributed by atoms with E-state index in [2.05, 4.69) is 0 Å². The number of alkyl halides is 3. The van der Waals surface area contributed by atoms with E-state index in [4.69, 9.17) is 15.9 Å². The van der Waals surface area contributed by atoms with Crippen LogP contribution in [0.3, 0.4) is 0 Å². The molecule has 3 N–H and O–H groups in total. The van der Waals surface area contributed by atoms with Gasteiger partial charge in [-0.2, -0.15) is 13.2 Å². The fourth-order valence-corrected chi connectivity index (χ4v) is 1.60. The second kappa shape index (κ2) is 5.49. The van der Waals surface area contributed by atoms with Crippen molar-refractivity contribution in [2.45, 2.75) is 25.1 Å². The molecule has 1 atom stereocenters. The average molecular weight is 239 g/mol. The van der Waals surface area contributed by atoms with Crippen molar-refractivity contribution in [1.29, 1.82) is 5.41 Å². The Morgan fingerprint density at radius 2 is 2.19 bits per heavy atom. The van der Waals surface area contributed by atoms with Crippen LogP contribution < -0.4 is 5.73 Å². The molecule has 0 saturated carbocycles. The van der Waals surface area contributed by atoms with Gasteiger partial charge in [-0.05, 0) is 13.0 Å². The number of hydrogen-bond donors (Lipinski definition) is 2. The fourth-order valence-electron chi connectivity index (χ4n) is 1.60. The van der Waals surface area contributed by atoms with E-state index in [0.29, 0.717) is 26.2 Å². The lowest BCUT2D eigenvalue weighted by Gasteiger charge is -2.32. The Morgan fingerprint density at radius 1 is 1.50 bits per heavy atom. The lowest BCUT2D eigenvalue weighted by molar-refractivity contribution is -0.136. The normalized spacial score (nSPS) is 23.3. The number of nitrogens with two attached hydrogens (primary N) is 1. The first-order valence-corrected chi connectivity index (χ1v) is 5.13. The summed E-state index contributed by atoms with van der Waals surface area (Å²) < 4.78 is 41.0. The van der Waals surface area contributed by atoms with Gasteiger partial charge in [-0.25, -0.2) is 0 Å². The van der Waals surface area contributed by atoms with Gasteiger partial charge >= 0.3 is 6.18 Å². The Balaban J connectivity index is 2.24. The largest absolute Gasteiger partial charge is 0.389 e. The maximum absolute atomic E-state index is 11.9. The Labute approximate surface area is 92.0 Å². The summed E-state index contributed by atoms with van der Waals surface area (Å²) in [7, 11) is 0. The van der Waals surface area contributed by atoms with Gasteiger partial charge < -0.3 is 10.5 Å². The van der Waals surface area contributed by atoms with Gasteiger partial charge in [0.15, 0.2) is 0 Å². The molecule has 1 aliphatic heterocycles. The molecule has 0 aromatic rings. The first-order valence-electron chi connectivity index (χ1n) is 5.13. The number of ether oxygens (including phenoxy) is 1. The summed E-state index contributed by atoms with van der Waals surface area (Å²) in [6, 6.07) is 0. The van der Waals surface area contributed by atoms with Crippen molar-refractivity contribution in [3.8, 4) is 0 Å². The van der Waals surface area contributed by atoms with E-state index in [1.807, 2.05) is 4.90 Å². The summed E-state index contributed by atoms with van der Waals surface area (Å²) in [5.41, 5.74) is 5.28. The third kappa shape index (κ3) is 4.80. The smallest absolute Gasteiger partial charge is 0.385 e. The van der Waals surface area contributed by atoms with E-state index in [1.165, 1.54) is 0 Å².